The number of rotatable bonds is 5. The van der Waals surface area contributed by atoms with Crippen LogP contribution in [0.4, 0.5) is 0 Å². The molecule has 15 aromatic carbocycles. The van der Waals surface area contributed by atoms with Gasteiger partial charge >= 0.3 is 39.0 Å². The zero-order valence-corrected chi connectivity index (χ0v) is 90.0. The summed E-state index contributed by atoms with van der Waals surface area (Å²) in [5.41, 5.74) is 30.5. The van der Waals surface area contributed by atoms with Gasteiger partial charge in [-0.25, -0.2) is 19.9 Å². The summed E-state index contributed by atoms with van der Waals surface area (Å²) in [6.45, 7) is 56.1. The van der Waals surface area contributed by atoms with Gasteiger partial charge in [0.25, 0.3) is 0 Å². The molecular weight excluding hydrogens is 1780 g/mol. The number of benzene rings is 15. The maximum Gasteiger partial charge on any atom is 2.00 e. The third-order valence-electron chi connectivity index (χ3n) is 30.4. The summed E-state index contributed by atoms with van der Waals surface area (Å²) < 4.78 is 0. The molecule has 10 heteroatoms. The molecule has 0 atom stereocenters. The van der Waals surface area contributed by atoms with Crippen molar-refractivity contribution >= 4 is 208 Å². The van der Waals surface area contributed by atoms with Crippen molar-refractivity contribution in [2.45, 2.75) is 209 Å². The third kappa shape index (κ3) is 13.6. The summed E-state index contributed by atoms with van der Waals surface area (Å²) in [4.78, 5) is 50.7. The van der Waals surface area contributed by atoms with Gasteiger partial charge in [-0.2, -0.15) is 0 Å². The molecule has 138 heavy (non-hydrogen) atoms. The molecule has 0 fully saturated rings. The van der Waals surface area contributed by atoms with Gasteiger partial charge in [-0.1, -0.05) is 372 Å². The molecule has 0 saturated heterocycles. The number of hydrogen-bond donors (Lipinski definition) is 0. The van der Waals surface area contributed by atoms with E-state index in [4.69, 9.17) is 39.9 Å². The van der Waals surface area contributed by atoms with Crippen LogP contribution in [0.3, 0.4) is 0 Å². The Hall–Kier alpha value is -12.8. The maximum atomic E-state index is 6.49. The van der Waals surface area contributed by atoms with E-state index in [1.165, 1.54) is 104 Å². The Balaban J connectivity index is 0.00000533. The molecule has 1 aliphatic heterocycles. The van der Waals surface area contributed by atoms with Crippen molar-refractivity contribution in [1.29, 1.82) is 0 Å². The van der Waals surface area contributed by atoms with Crippen LogP contribution >= 0.6 is 0 Å². The van der Waals surface area contributed by atoms with Gasteiger partial charge in [-0.15, -0.1) is 44.1 Å². The van der Waals surface area contributed by atoms with Crippen molar-refractivity contribution in [1.82, 2.24) is 39.9 Å². The van der Waals surface area contributed by atoms with Crippen LogP contribution in [0.5, 0.6) is 0 Å². The van der Waals surface area contributed by atoms with Crippen LogP contribution in [0.25, 0.3) is 264 Å². The van der Waals surface area contributed by atoms with Crippen LogP contribution < -0.4 is 19.9 Å². The molecule has 0 saturated carbocycles. The second-order valence-electron chi connectivity index (χ2n) is 48.0. The van der Waals surface area contributed by atoms with Crippen LogP contribution in [0.1, 0.15) is 222 Å². The monoisotopic (exact) mass is 1890 g/mol. The minimum absolute atomic E-state index is 0. The van der Waals surface area contributed by atoms with E-state index >= 15 is 0 Å². The minimum atomic E-state index is -0.258. The number of hydrogen-bond acceptors (Lipinski definition) is 4. The molecule has 0 radical (unpaired) electrons. The molecule has 16 bridgehead atoms. The zero-order valence-electron chi connectivity index (χ0n) is 84.1. The van der Waals surface area contributed by atoms with Gasteiger partial charge in [0.05, 0.1) is 44.5 Å². The van der Waals surface area contributed by atoms with Gasteiger partial charge in [-0.3, -0.25) is 0 Å². The van der Waals surface area contributed by atoms with Crippen molar-refractivity contribution in [2.75, 3.05) is 0 Å². The SMILES string of the molecule is CC(C)(C)c1cc(-c2c3nc(c(-c4ccc5ccc6cccc7ccc4c5c67)c4ccc([n-]4)c(-c4cc(C(C)(C)C)cc(C(C)(C)C)c4)c4cc5c6cc7[n-]c6c6c8nc(cc8c8cc2[n-]c8c6c5n4)c(-c2cc(C(C)(C)C)cc(C(C)(C)C)c2)c2ccc([n-]2)c2c4ccc5ccc6cccc8cc(c9cc(nc92)c7-c2cc(C(C)(C)C)cc(C(C)(C)C)c2)c4c5c68)C=C3)cc(C(C)(C)C)c1.[Zn+2].[Zn+2]. The van der Waals surface area contributed by atoms with E-state index < -0.39 is 0 Å². The fraction of sp³-hybridized carbons (Fsp3) is 0.250. The molecule has 0 spiro atoms. The molecule has 9 aromatic heterocycles. The molecule has 24 aromatic rings. The van der Waals surface area contributed by atoms with E-state index in [0.29, 0.717) is 0 Å². The van der Waals surface area contributed by atoms with Gasteiger partial charge in [0.1, 0.15) is 0 Å². The van der Waals surface area contributed by atoms with E-state index in [2.05, 4.69) is 409 Å². The van der Waals surface area contributed by atoms with E-state index in [0.717, 1.165) is 204 Å². The smallest absolute Gasteiger partial charge is 0.657 e. The Morgan fingerprint density at radius 3 is 0.928 bits per heavy atom. The zero-order chi connectivity index (χ0) is 94.3. The van der Waals surface area contributed by atoms with Crippen LogP contribution in [-0.2, 0) is 82.3 Å². The van der Waals surface area contributed by atoms with Crippen LogP contribution in [0, 0.1) is 0 Å². The fourth-order valence-electron chi connectivity index (χ4n) is 22.6. The average molecular weight is 1890 g/mol. The Morgan fingerprint density at radius 2 is 0.507 bits per heavy atom. The summed E-state index contributed by atoms with van der Waals surface area (Å²) >= 11 is 0. The topological polar surface area (TPSA) is 108 Å². The first-order valence-electron chi connectivity index (χ1n) is 48.7. The molecule has 10 heterocycles. The summed E-state index contributed by atoms with van der Waals surface area (Å²) in [5.74, 6) is 0. The van der Waals surface area contributed by atoms with Gasteiger partial charge in [0.15, 0.2) is 0 Å². The maximum absolute atomic E-state index is 6.49. The minimum Gasteiger partial charge on any atom is -0.657 e. The molecule has 1 aliphatic rings. The van der Waals surface area contributed by atoms with Gasteiger partial charge < -0.3 is 19.9 Å². The Bertz CT molecular complexity index is 9410. The third-order valence-corrected chi connectivity index (χ3v) is 30.4. The average Bonchev–Trinajstić information content (AvgIpc) is 1.61. The molecule has 0 aliphatic carbocycles. The molecule has 8 nitrogen and oxygen atoms in total. The summed E-state index contributed by atoms with van der Waals surface area (Å²) in [6.07, 6.45) is 4.51. The van der Waals surface area contributed by atoms with Crippen LogP contribution in [0.15, 0.2) is 231 Å². The van der Waals surface area contributed by atoms with Crippen molar-refractivity contribution < 1.29 is 39.0 Å². The quantitative estimate of drug-likeness (QED) is 0.0953. The first-order valence-corrected chi connectivity index (χ1v) is 48.7. The Labute approximate surface area is 831 Å². The standard InChI is InChI=1S/C128H112N8.2Zn/c1-121(2,3)75-47-71(48-76(56-75)122(4,5)6)106-92-41-44-95(129-92)112(84-39-36-68-33-31-65-27-25-28-67-35-38-83(84)105(68)103(65)67)96-45-42-93(130-96)107(72-49-77(123(7,8)9)57-78(50-72)124(10,11)12)99-63-90-91-64-102-109(74-53-81(127(19,20)21)59-82(54-74)128(22,23)24)101-60-87-86-55-70-30-26-29-66-32-34-69-37-40-85(111(86)110(69)104(66)70)113(116(87)132-101)97-46-43-94(131-97)108(73-51-79(125(13,14)15)58-80(52-73)126(16,17)18)100-62-89-88-61-98(106)133-117(88)114(119(90)134-99)115(118(89)135-100)120(91)136-102;;/h25-64H,1-24H3;;/q-4;2*+2. The molecule has 0 N–H and O–H groups in total. The molecule has 0 unspecified atom stereocenters. The molecule has 668 valence electrons. The van der Waals surface area contributed by atoms with Crippen molar-refractivity contribution in [2.24, 2.45) is 0 Å². The second kappa shape index (κ2) is 29.9. The van der Waals surface area contributed by atoms with Gasteiger partial charge in [0.2, 0.25) is 0 Å². The van der Waals surface area contributed by atoms with Crippen molar-refractivity contribution in [3.05, 3.63) is 286 Å². The molecule has 0 amide bonds. The predicted molar refractivity (Wildman–Crippen MR) is 583 cm³/mol. The van der Waals surface area contributed by atoms with Gasteiger partial charge in [0, 0.05) is 16.2 Å². The van der Waals surface area contributed by atoms with Crippen molar-refractivity contribution in [3.63, 3.8) is 0 Å². The normalized spacial score (nSPS) is 13.5. The van der Waals surface area contributed by atoms with E-state index in [9.17, 15) is 0 Å². The Kier molecular flexibility index (Phi) is 19.3. The number of fused-ring (bicyclic) bond motifs is 16. The van der Waals surface area contributed by atoms with Crippen molar-refractivity contribution in [3.8, 4) is 55.6 Å². The molecule has 25 rings (SSSR count). The Morgan fingerprint density at radius 1 is 0.196 bits per heavy atom. The van der Waals surface area contributed by atoms with Gasteiger partial charge in [-0.05, 0) is 282 Å². The van der Waals surface area contributed by atoms with E-state index in [1.807, 2.05) is 0 Å². The summed E-state index contributed by atoms with van der Waals surface area (Å²) in [6, 6.07) is 89.2. The second-order valence-corrected chi connectivity index (χ2v) is 48.0. The van der Waals surface area contributed by atoms with E-state index in [-0.39, 0.29) is 82.3 Å². The first kappa shape index (κ1) is 89.1. The first-order chi connectivity index (χ1) is 64.4. The largest absolute Gasteiger partial charge is 2.00 e. The molecular formula is C128H112N8Zn2. The van der Waals surface area contributed by atoms with E-state index in [1.54, 1.807) is 0 Å². The fourth-order valence-corrected chi connectivity index (χ4v) is 22.6. The summed E-state index contributed by atoms with van der Waals surface area (Å²) in [5, 5.41) is 24.3. The predicted octanol–water partition coefficient (Wildman–Crippen LogP) is 34.5. The number of nitrogens with zero attached hydrogens (tertiary/aromatic N) is 8. The summed E-state index contributed by atoms with van der Waals surface area (Å²) in [7, 11) is 0. The number of aromatic nitrogens is 8. The van der Waals surface area contributed by atoms with Crippen LogP contribution in [0.2, 0.25) is 0 Å². The van der Waals surface area contributed by atoms with Crippen LogP contribution in [-0.4, -0.2) is 19.9 Å².